The highest BCUT2D eigenvalue weighted by Gasteiger charge is 2.27. The smallest absolute Gasteiger partial charge is 0.122 e. The van der Waals surface area contributed by atoms with E-state index in [0.717, 1.165) is 18.1 Å². The molecule has 1 atom stereocenters. The van der Waals surface area contributed by atoms with Gasteiger partial charge in [-0.3, -0.25) is 11.3 Å². The van der Waals surface area contributed by atoms with Crippen molar-refractivity contribution in [3.8, 4) is 5.75 Å². The Balaban J connectivity index is 2.05. The Bertz CT molecular complexity index is 336. The number of nitrogens with one attached hydrogen (secondary N) is 1. The minimum Gasteiger partial charge on any atom is -0.496 e. The normalized spacial score (nSPS) is 17.9. The minimum atomic E-state index is 0.380. The molecule has 3 N–H and O–H groups in total. The first-order valence-corrected chi connectivity index (χ1v) is 5.93. The standard InChI is InChI=1S/C13H20N2O/c1-16-13-8-3-2-5-11(13)9-12(15-14)10-6-4-7-10/h2-3,5,8,10,12,15H,4,6-7,9,14H2,1H3. The van der Waals surface area contributed by atoms with E-state index in [1.54, 1.807) is 7.11 Å². The third-order valence-corrected chi connectivity index (χ3v) is 3.57. The maximum Gasteiger partial charge on any atom is 0.122 e. The molecule has 16 heavy (non-hydrogen) atoms. The summed E-state index contributed by atoms with van der Waals surface area (Å²) in [4.78, 5) is 0. The summed E-state index contributed by atoms with van der Waals surface area (Å²) in [5.74, 6) is 7.32. The number of rotatable bonds is 5. The molecule has 0 heterocycles. The Hall–Kier alpha value is -1.06. The lowest BCUT2D eigenvalue weighted by atomic mass is 9.78. The monoisotopic (exact) mass is 220 g/mol. The van der Waals surface area contributed by atoms with Gasteiger partial charge in [0.1, 0.15) is 5.75 Å². The van der Waals surface area contributed by atoms with Crippen LogP contribution in [-0.2, 0) is 6.42 Å². The molecule has 1 aromatic rings. The molecule has 3 heteroatoms. The number of benzene rings is 1. The van der Waals surface area contributed by atoms with E-state index >= 15 is 0 Å². The summed E-state index contributed by atoms with van der Waals surface area (Å²) in [5, 5.41) is 0. The highest BCUT2D eigenvalue weighted by Crippen LogP contribution is 2.32. The van der Waals surface area contributed by atoms with E-state index in [9.17, 15) is 0 Å². The van der Waals surface area contributed by atoms with Gasteiger partial charge in [0, 0.05) is 6.04 Å². The van der Waals surface area contributed by atoms with Crippen LogP contribution in [0.3, 0.4) is 0 Å². The zero-order chi connectivity index (χ0) is 11.4. The van der Waals surface area contributed by atoms with E-state index in [0.29, 0.717) is 6.04 Å². The van der Waals surface area contributed by atoms with Gasteiger partial charge in [-0.2, -0.15) is 0 Å². The maximum atomic E-state index is 5.63. The van der Waals surface area contributed by atoms with Crippen molar-refractivity contribution >= 4 is 0 Å². The molecule has 0 aliphatic heterocycles. The van der Waals surface area contributed by atoms with Gasteiger partial charge >= 0.3 is 0 Å². The average molecular weight is 220 g/mol. The topological polar surface area (TPSA) is 47.3 Å². The summed E-state index contributed by atoms with van der Waals surface area (Å²) >= 11 is 0. The zero-order valence-corrected chi connectivity index (χ0v) is 9.78. The molecule has 1 aliphatic carbocycles. The van der Waals surface area contributed by atoms with Gasteiger partial charge in [0.15, 0.2) is 0 Å². The zero-order valence-electron chi connectivity index (χ0n) is 9.78. The molecule has 0 saturated heterocycles. The van der Waals surface area contributed by atoms with Crippen LogP contribution < -0.4 is 16.0 Å². The maximum absolute atomic E-state index is 5.63. The molecule has 0 bridgehead atoms. The number of para-hydroxylation sites is 1. The van der Waals surface area contributed by atoms with Gasteiger partial charge in [-0.15, -0.1) is 0 Å². The van der Waals surface area contributed by atoms with Crippen LogP contribution >= 0.6 is 0 Å². The van der Waals surface area contributed by atoms with Crippen LogP contribution in [0.5, 0.6) is 5.75 Å². The predicted molar refractivity (Wildman–Crippen MR) is 65.2 cm³/mol. The van der Waals surface area contributed by atoms with E-state index in [-0.39, 0.29) is 0 Å². The van der Waals surface area contributed by atoms with Gasteiger partial charge in [0.25, 0.3) is 0 Å². The Labute approximate surface area is 97.0 Å². The fraction of sp³-hybridized carbons (Fsp3) is 0.538. The number of methoxy groups -OCH3 is 1. The lowest BCUT2D eigenvalue weighted by Gasteiger charge is -2.33. The van der Waals surface area contributed by atoms with Gasteiger partial charge in [-0.05, 0) is 36.8 Å². The van der Waals surface area contributed by atoms with Crippen molar-refractivity contribution in [3.05, 3.63) is 29.8 Å². The van der Waals surface area contributed by atoms with Crippen LogP contribution in [0.25, 0.3) is 0 Å². The quantitative estimate of drug-likeness (QED) is 0.588. The molecular formula is C13H20N2O. The van der Waals surface area contributed by atoms with Crippen molar-refractivity contribution in [2.45, 2.75) is 31.7 Å². The van der Waals surface area contributed by atoms with Crippen molar-refractivity contribution in [1.29, 1.82) is 0 Å². The lowest BCUT2D eigenvalue weighted by Crippen LogP contribution is -2.44. The first kappa shape index (κ1) is 11.4. The summed E-state index contributed by atoms with van der Waals surface area (Å²) in [5.41, 5.74) is 4.18. The summed E-state index contributed by atoms with van der Waals surface area (Å²) in [6.45, 7) is 0. The molecule has 0 spiro atoms. The highest BCUT2D eigenvalue weighted by molar-refractivity contribution is 5.34. The average Bonchev–Trinajstić information content (AvgIpc) is 2.26. The molecule has 88 valence electrons. The molecule has 0 aromatic heterocycles. The number of hydrogen-bond acceptors (Lipinski definition) is 3. The van der Waals surface area contributed by atoms with E-state index in [1.165, 1.54) is 24.8 Å². The predicted octanol–water partition coefficient (Wildman–Crippen LogP) is 1.87. The van der Waals surface area contributed by atoms with Crippen LogP contribution in [0.4, 0.5) is 0 Å². The van der Waals surface area contributed by atoms with Crippen molar-refractivity contribution in [1.82, 2.24) is 5.43 Å². The second kappa shape index (κ2) is 5.32. The number of hydrazine groups is 1. The number of hydrogen-bond donors (Lipinski definition) is 2. The van der Waals surface area contributed by atoms with Crippen molar-refractivity contribution in [2.75, 3.05) is 7.11 Å². The Kier molecular flexibility index (Phi) is 3.80. The van der Waals surface area contributed by atoms with Gasteiger partial charge in [0.2, 0.25) is 0 Å². The van der Waals surface area contributed by atoms with Crippen molar-refractivity contribution in [2.24, 2.45) is 11.8 Å². The van der Waals surface area contributed by atoms with E-state index in [4.69, 9.17) is 10.6 Å². The van der Waals surface area contributed by atoms with Crippen LogP contribution in [-0.4, -0.2) is 13.2 Å². The molecule has 1 aliphatic rings. The van der Waals surface area contributed by atoms with Crippen molar-refractivity contribution < 1.29 is 4.74 Å². The van der Waals surface area contributed by atoms with Crippen LogP contribution in [0.2, 0.25) is 0 Å². The van der Waals surface area contributed by atoms with Crippen LogP contribution in [0.15, 0.2) is 24.3 Å². The van der Waals surface area contributed by atoms with Crippen molar-refractivity contribution in [3.63, 3.8) is 0 Å². The molecule has 2 rings (SSSR count). The minimum absolute atomic E-state index is 0.380. The molecule has 0 radical (unpaired) electrons. The third-order valence-electron chi connectivity index (χ3n) is 3.57. The molecule has 1 fully saturated rings. The van der Waals surface area contributed by atoms with Crippen LogP contribution in [0.1, 0.15) is 24.8 Å². The third kappa shape index (κ3) is 2.36. The lowest BCUT2D eigenvalue weighted by molar-refractivity contribution is 0.227. The van der Waals surface area contributed by atoms with Crippen LogP contribution in [0, 0.1) is 5.92 Å². The molecule has 1 aromatic carbocycles. The summed E-state index contributed by atoms with van der Waals surface area (Å²) < 4.78 is 5.35. The number of ether oxygens (including phenoxy) is 1. The van der Waals surface area contributed by atoms with E-state index in [1.807, 2.05) is 18.2 Å². The Morgan fingerprint density at radius 2 is 2.19 bits per heavy atom. The summed E-state index contributed by atoms with van der Waals surface area (Å²) in [6.07, 6.45) is 4.88. The first-order valence-electron chi connectivity index (χ1n) is 5.93. The molecular weight excluding hydrogens is 200 g/mol. The molecule has 0 amide bonds. The molecule has 1 saturated carbocycles. The fourth-order valence-electron chi connectivity index (χ4n) is 2.31. The molecule has 1 unspecified atom stereocenters. The second-order valence-electron chi connectivity index (χ2n) is 4.48. The summed E-state index contributed by atoms with van der Waals surface area (Å²) in [6, 6.07) is 8.54. The first-order chi connectivity index (χ1) is 7.85. The van der Waals surface area contributed by atoms with E-state index in [2.05, 4.69) is 11.5 Å². The SMILES string of the molecule is COc1ccccc1CC(NN)C1CCC1. The molecule has 3 nitrogen and oxygen atoms in total. The van der Waals surface area contributed by atoms with Gasteiger partial charge < -0.3 is 4.74 Å². The van der Waals surface area contributed by atoms with E-state index < -0.39 is 0 Å². The Morgan fingerprint density at radius 3 is 2.75 bits per heavy atom. The summed E-state index contributed by atoms with van der Waals surface area (Å²) in [7, 11) is 1.72. The fourth-order valence-corrected chi connectivity index (χ4v) is 2.31. The Morgan fingerprint density at radius 1 is 1.44 bits per heavy atom. The second-order valence-corrected chi connectivity index (χ2v) is 4.48. The largest absolute Gasteiger partial charge is 0.496 e. The van der Waals surface area contributed by atoms with Gasteiger partial charge in [0.05, 0.1) is 7.11 Å². The number of nitrogens with two attached hydrogens (primary N) is 1. The highest BCUT2D eigenvalue weighted by atomic mass is 16.5. The van der Waals surface area contributed by atoms with Gasteiger partial charge in [-0.1, -0.05) is 24.6 Å². The van der Waals surface area contributed by atoms with Gasteiger partial charge in [-0.25, -0.2) is 0 Å².